The van der Waals surface area contributed by atoms with E-state index in [1.807, 2.05) is 24.3 Å². The van der Waals surface area contributed by atoms with E-state index < -0.39 is 10.2 Å². The fraction of sp³-hybridized carbons (Fsp3) is 0.538. The maximum atomic E-state index is 12.3. The molecular weight excluding hydrogens is 264 g/mol. The zero-order valence-electron chi connectivity index (χ0n) is 11.5. The molecule has 1 aromatic rings. The Hall–Kier alpha value is -1.11. The summed E-state index contributed by atoms with van der Waals surface area (Å²) >= 11 is 0. The molecule has 1 aromatic carbocycles. The van der Waals surface area contributed by atoms with Crippen LogP contribution in [0.3, 0.4) is 0 Å². The molecule has 0 aliphatic carbocycles. The Morgan fingerprint density at radius 1 is 1.26 bits per heavy atom. The maximum Gasteiger partial charge on any atom is 0.282 e. The van der Waals surface area contributed by atoms with Crippen LogP contribution in [0.1, 0.15) is 24.4 Å². The van der Waals surface area contributed by atoms with Crippen LogP contribution in [-0.2, 0) is 10.2 Å². The van der Waals surface area contributed by atoms with Gasteiger partial charge in [-0.2, -0.15) is 17.0 Å². The van der Waals surface area contributed by atoms with E-state index >= 15 is 0 Å². The lowest BCUT2D eigenvalue weighted by Gasteiger charge is -2.27. The average Bonchev–Trinajstić information content (AvgIpc) is 2.88. The van der Waals surface area contributed by atoms with Gasteiger partial charge in [0.25, 0.3) is 10.2 Å². The van der Waals surface area contributed by atoms with Crippen LogP contribution in [0.2, 0.25) is 0 Å². The van der Waals surface area contributed by atoms with Crippen molar-refractivity contribution in [3.63, 3.8) is 0 Å². The molecule has 5 nitrogen and oxygen atoms in total. The highest BCUT2D eigenvalue weighted by Crippen LogP contribution is 2.35. The molecule has 1 fully saturated rings. The molecular formula is C13H20N2O3S. The Balaban J connectivity index is 2.28. The van der Waals surface area contributed by atoms with E-state index in [-0.39, 0.29) is 6.04 Å². The van der Waals surface area contributed by atoms with Crippen molar-refractivity contribution in [2.45, 2.75) is 18.9 Å². The summed E-state index contributed by atoms with van der Waals surface area (Å²) in [5.74, 6) is 0.781. The minimum atomic E-state index is -3.35. The summed E-state index contributed by atoms with van der Waals surface area (Å²) in [6, 6.07) is 7.54. The predicted octanol–water partition coefficient (Wildman–Crippen LogP) is 1.64. The minimum Gasteiger partial charge on any atom is -0.497 e. The first-order valence-corrected chi connectivity index (χ1v) is 7.69. The Morgan fingerprint density at radius 3 is 2.42 bits per heavy atom. The minimum absolute atomic E-state index is 0.0710. The van der Waals surface area contributed by atoms with Crippen LogP contribution in [0, 0.1) is 0 Å². The lowest BCUT2D eigenvalue weighted by atomic mass is 10.1. The van der Waals surface area contributed by atoms with E-state index in [0.29, 0.717) is 6.54 Å². The Kier molecular flexibility index (Phi) is 4.13. The van der Waals surface area contributed by atoms with Crippen molar-refractivity contribution in [1.29, 1.82) is 0 Å². The average molecular weight is 284 g/mol. The SMILES string of the molecule is COc1ccc([C@@H]2CCCN2S(=O)(=O)N(C)C)cc1. The molecule has 1 aliphatic heterocycles. The molecule has 0 spiro atoms. The predicted molar refractivity (Wildman–Crippen MR) is 74.3 cm³/mol. The molecule has 19 heavy (non-hydrogen) atoms. The zero-order chi connectivity index (χ0) is 14.0. The summed E-state index contributed by atoms with van der Waals surface area (Å²) in [4.78, 5) is 0. The number of hydrogen-bond donors (Lipinski definition) is 0. The summed E-state index contributed by atoms with van der Waals surface area (Å²) in [5, 5.41) is 0. The molecule has 6 heteroatoms. The van der Waals surface area contributed by atoms with Gasteiger partial charge in [-0.1, -0.05) is 12.1 Å². The second kappa shape index (κ2) is 5.48. The molecule has 0 bridgehead atoms. The Bertz CT molecular complexity index is 525. The van der Waals surface area contributed by atoms with Gasteiger partial charge >= 0.3 is 0 Å². The summed E-state index contributed by atoms with van der Waals surface area (Å²) < 4.78 is 32.5. The fourth-order valence-corrected chi connectivity index (χ4v) is 3.71. The van der Waals surface area contributed by atoms with Crippen molar-refractivity contribution in [3.8, 4) is 5.75 Å². The highest BCUT2D eigenvalue weighted by Gasteiger charge is 2.36. The zero-order valence-corrected chi connectivity index (χ0v) is 12.4. The van der Waals surface area contributed by atoms with Crippen LogP contribution in [0.4, 0.5) is 0 Å². The topological polar surface area (TPSA) is 49.9 Å². The van der Waals surface area contributed by atoms with Gasteiger partial charge in [-0.15, -0.1) is 0 Å². The van der Waals surface area contributed by atoms with Crippen LogP contribution in [-0.4, -0.2) is 44.8 Å². The third kappa shape index (κ3) is 2.75. The normalized spacial score (nSPS) is 20.9. The Morgan fingerprint density at radius 2 is 1.89 bits per heavy atom. The van der Waals surface area contributed by atoms with Gasteiger partial charge in [0, 0.05) is 20.6 Å². The van der Waals surface area contributed by atoms with Gasteiger partial charge in [-0.05, 0) is 30.5 Å². The van der Waals surface area contributed by atoms with Gasteiger partial charge in [-0.25, -0.2) is 0 Å². The first-order valence-electron chi connectivity index (χ1n) is 6.30. The molecule has 1 saturated heterocycles. The van der Waals surface area contributed by atoms with Crippen molar-refractivity contribution < 1.29 is 13.2 Å². The monoisotopic (exact) mass is 284 g/mol. The first kappa shape index (κ1) is 14.3. The summed E-state index contributed by atoms with van der Waals surface area (Å²) in [7, 11) is 1.40. The van der Waals surface area contributed by atoms with Gasteiger partial charge in [0.15, 0.2) is 0 Å². The van der Waals surface area contributed by atoms with Crippen LogP contribution in [0.15, 0.2) is 24.3 Å². The number of nitrogens with zero attached hydrogens (tertiary/aromatic N) is 2. The van der Waals surface area contributed by atoms with E-state index in [1.54, 1.807) is 25.5 Å². The molecule has 2 rings (SSSR count). The number of hydrogen-bond acceptors (Lipinski definition) is 3. The number of rotatable bonds is 4. The quantitative estimate of drug-likeness (QED) is 0.844. The second-order valence-electron chi connectivity index (χ2n) is 4.83. The van der Waals surface area contributed by atoms with E-state index in [2.05, 4.69) is 0 Å². The van der Waals surface area contributed by atoms with Gasteiger partial charge in [0.2, 0.25) is 0 Å². The van der Waals surface area contributed by atoms with Crippen molar-refractivity contribution in [2.75, 3.05) is 27.7 Å². The lowest BCUT2D eigenvalue weighted by Crippen LogP contribution is -2.39. The fourth-order valence-electron chi connectivity index (χ4n) is 2.39. The molecule has 1 atom stereocenters. The molecule has 1 heterocycles. The van der Waals surface area contributed by atoms with Crippen molar-refractivity contribution in [2.24, 2.45) is 0 Å². The van der Waals surface area contributed by atoms with Gasteiger partial charge < -0.3 is 4.74 Å². The van der Waals surface area contributed by atoms with Crippen molar-refractivity contribution >= 4 is 10.2 Å². The van der Waals surface area contributed by atoms with E-state index in [9.17, 15) is 8.42 Å². The molecule has 0 amide bonds. The molecule has 0 radical (unpaired) electrons. The van der Waals surface area contributed by atoms with E-state index in [1.165, 1.54) is 4.31 Å². The summed E-state index contributed by atoms with van der Waals surface area (Å²) in [5.41, 5.74) is 1.02. The van der Waals surface area contributed by atoms with Gasteiger partial charge in [0.05, 0.1) is 13.2 Å². The molecule has 0 unspecified atom stereocenters. The van der Waals surface area contributed by atoms with Crippen molar-refractivity contribution in [3.05, 3.63) is 29.8 Å². The smallest absolute Gasteiger partial charge is 0.282 e. The highest BCUT2D eigenvalue weighted by atomic mass is 32.2. The standard InChI is InChI=1S/C13H20N2O3S/c1-14(2)19(16,17)15-10-4-5-13(15)11-6-8-12(18-3)9-7-11/h6-9,13H,4-5,10H2,1-3H3/t13-/m0/s1. The van der Waals surface area contributed by atoms with E-state index in [0.717, 1.165) is 24.2 Å². The van der Waals surface area contributed by atoms with Gasteiger partial charge in [-0.3, -0.25) is 0 Å². The van der Waals surface area contributed by atoms with E-state index in [4.69, 9.17) is 4.74 Å². The Labute approximate surface area is 115 Å². The van der Waals surface area contributed by atoms with Gasteiger partial charge in [0.1, 0.15) is 5.75 Å². The van der Waals surface area contributed by atoms with Crippen LogP contribution >= 0.6 is 0 Å². The largest absolute Gasteiger partial charge is 0.497 e. The lowest BCUT2D eigenvalue weighted by molar-refractivity contribution is 0.362. The van der Waals surface area contributed by atoms with Crippen LogP contribution < -0.4 is 4.74 Å². The second-order valence-corrected chi connectivity index (χ2v) is 6.93. The molecule has 0 aromatic heterocycles. The number of benzene rings is 1. The summed E-state index contributed by atoms with van der Waals surface area (Å²) in [6.45, 7) is 0.581. The summed E-state index contributed by atoms with van der Waals surface area (Å²) in [6.07, 6.45) is 1.75. The van der Waals surface area contributed by atoms with Crippen molar-refractivity contribution in [1.82, 2.24) is 8.61 Å². The number of methoxy groups -OCH3 is 1. The first-order chi connectivity index (χ1) is 8.96. The molecule has 1 aliphatic rings. The molecule has 0 saturated carbocycles. The van der Waals surface area contributed by atoms with Crippen LogP contribution in [0.5, 0.6) is 5.75 Å². The molecule has 106 valence electrons. The highest BCUT2D eigenvalue weighted by molar-refractivity contribution is 7.86. The maximum absolute atomic E-state index is 12.3. The van der Waals surface area contributed by atoms with Crippen LogP contribution in [0.25, 0.3) is 0 Å². The number of ether oxygens (including phenoxy) is 1. The molecule has 0 N–H and O–H groups in total. The third-order valence-corrected chi connectivity index (χ3v) is 5.41. The third-order valence-electron chi connectivity index (χ3n) is 3.46.